The van der Waals surface area contributed by atoms with Crippen LogP contribution in [0.3, 0.4) is 0 Å². The fraction of sp³-hybridized carbons (Fsp3) is 0.0455. The van der Waals surface area contributed by atoms with E-state index < -0.39 is 0 Å². The van der Waals surface area contributed by atoms with E-state index in [4.69, 9.17) is 0 Å². The lowest BCUT2D eigenvalue weighted by Crippen LogP contribution is -2.21. The Balaban J connectivity index is 1.84. The largest absolute Gasteiger partial charge is 0.281 e. The summed E-state index contributed by atoms with van der Waals surface area (Å²) in [5.74, 6) is -0.00763. The summed E-state index contributed by atoms with van der Waals surface area (Å²) in [5, 5.41) is 0. The smallest absolute Gasteiger partial charge is 0.228 e. The molecule has 4 aliphatic carbocycles. The quantitative estimate of drug-likeness (QED) is 0.473. The highest BCUT2D eigenvalue weighted by molar-refractivity contribution is 5.99. The number of carbonyl (C=O) groups is 1. The number of fused-ring (bicyclic) bond motifs is 2. The van der Waals surface area contributed by atoms with Crippen LogP contribution in [0.15, 0.2) is 84.9 Å². The monoisotopic (exact) mass is 311 g/mol. The summed E-state index contributed by atoms with van der Waals surface area (Å²) in [6, 6.07) is 28.6. The molecule has 0 aromatic rings. The molecule has 0 atom stereocenters. The summed E-state index contributed by atoms with van der Waals surface area (Å²) >= 11 is 0. The van der Waals surface area contributed by atoms with Gasteiger partial charge in [-0.15, -0.1) is 0 Å². The molecule has 2 heteroatoms. The molecule has 0 heterocycles. The van der Waals surface area contributed by atoms with Crippen LogP contribution < -0.4 is 4.90 Å². The van der Waals surface area contributed by atoms with Crippen molar-refractivity contribution >= 4 is 17.3 Å². The van der Waals surface area contributed by atoms with Crippen LogP contribution in [-0.2, 0) is 4.79 Å². The number of rotatable bonds is 2. The van der Waals surface area contributed by atoms with E-state index in [1.807, 2.05) is 36.4 Å². The highest BCUT2D eigenvalue weighted by atomic mass is 16.2. The molecule has 0 fully saturated rings. The van der Waals surface area contributed by atoms with Gasteiger partial charge in [-0.05, 0) is 46.5 Å². The van der Waals surface area contributed by atoms with Crippen molar-refractivity contribution in [2.24, 2.45) is 0 Å². The maximum absolute atomic E-state index is 12.3. The molecule has 0 saturated heterocycles. The van der Waals surface area contributed by atoms with Crippen LogP contribution in [0, 0.1) is 0 Å². The molecule has 24 heavy (non-hydrogen) atoms. The minimum absolute atomic E-state index is 0.00763. The second-order valence-electron chi connectivity index (χ2n) is 5.91. The SMILES string of the molecule is CC(=O)N(c1ccc2cccc-2cc1)c1ccc2cccc-2cc1. The van der Waals surface area contributed by atoms with Gasteiger partial charge in [0.25, 0.3) is 0 Å². The van der Waals surface area contributed by atoms with Crippen LogP contribution in [0.5, 0.6) is 0 Å². The molecule has 2 nitrogen and oxygen atoms in total. The number of nitrogens with zero attached hydrogens (tertiary/aromatic N) is 1. The Morgan fingerprint density at radius 2 is 0.917 bits per heavy atom. The molecule has 0 aromatic heterocycles. The summed E-state index contributed by atoms with van der Waals surface area (Å²) in [6.45, 7) is 1.60. The van der Waals surface area contributed by atoms with Crippen molar-refractivity contribution in [3.8, 4) is 22.3 Å². The minimum atomic E-state index is -0.00763. The number of carbonyl (C=O) groups excluding carboxylic acids is 1. The van der Waals surface area contributed by atoms with Gasteiger partial charge in [0.05, 0.1) is 0 Å². The zero-order chi connectivity index (χ0) is 16.5. The molecular weight excluding hydrogens is 294 g/mol. The first-order chi connectivity index (χ1) is 11.7. The Labute approximate surface area is 141 Å². The van der Waals surface area contributed by atoms with E-state index in [0.29, 0.717) is 0 Å². The van der Waals surface area contributed by atoms with Crippen molar-refractivity contribution < 1.29 is 4.79 Å². The van der Waals surface area contributed by atoms with Crippen molar-refractivity contribution in [2.45, 2.75) is 6.92 Å². The maximum Gasteiger partial charge on any atom is 0.228 e. The zero-order valence-electron chi connectivity index (χ0n) is 13.4. The number of amides is 1. The molecule has 116 valence electrons. The zero-order valence-corrected chi connectivity index (χ0v) is 13.4. The minimum Gasteiger partial charge on any atom is -0.281 e. The van der Waals surface area contributed by atoms with E-state index >= 15 is 0 Å². The average Bonchev–Trinajstić information content (AvgIpc) is 3.11. The summed E-state index contributed by atoms with van der Waals surface area (Å²) in [7, 11) is 0. The number of hydrogen-bond donors (Lipinski definition) is 0. The lowest BCUT2D eigenvalue weighted by atomic mass is 10.2. The van der Waals surface area contributed by atoms with Crippen molar-refractivity contribution in [1.29, 1.82) is 0 Å². The van der Waals surface area contributed by atoms with E-state index in [9.17, 15) is 4.79 Å². The molecule has 0 N–H and O–H groups in total. The van der Waals surface area contributed by atoms with Crippen molar-refractivity contribution in [3.05, 3.63) is 84.9 Å². The molecule has 0 aliphatic heterocycles. The van der Waals surface area contributed by atoms with E-state index in [1.165, 1.54) is 22.3 Å². The third-order valence-corrected chi connectivity index (χ3v) is 4.34. The van der Waals surface area contributed by atoms with Crippen LogP contribution in [0.25, 0.3) is 22.3 Å². The van der Waals surface area contributed by atoms with Gasteiger partial charge >= 0.3 is 0 Å². The first-order valence-corrected chi connectivity index (χ1v) is 8.01. The van der Waals surface area contributed by atoms with E-state index in [1.54, 1.807) is 11.8 Å². The second-order valence-corrected chi connectivity index (χ2v) is 5.91. The van der Waals surface area contributed by atoms with Crippen LogP contribution in [0.1, 0.15) is 6.92 Å². The fourth-order valence-electron chi connectivity index (χ4n) is 3.13. The van der Waals surface area contributed by atoms with Gasteiger partial charge in [0.15, 0.2) is 0 Å². The summed E-state index contributed by atoms with van der Waals surface area (Å²) in [6.07, 6.45) is 0. The van der Waals surface area contributed by atoms with Gasteiger partial charge in [-0.3, -0.25) is 9.69 Å². The number of hydrogen-bond acceptors (Lipinski definition) is 1. The first kappa shape index (κ1) is 14.5. The van der Waals surface area contributed by atoms with Gasteiger partial charge in [-0.2, -0.15) is 0 Å². The Kier molecular flexibility index (Phi) is 3.51. The molecule has 0 aromatic carbocycles. The van der Waals surface area contributed by atoms with Crippen LogP contribution in [0.2, 0.25) is 0 Å². The topological polar surface area (TPSA) is 20.3 Å². The molecule has 4 rings (SSSR count). The van der Waals surface area contributed by atoms with E-state index in [0.717, 1.165) is 11.4 Å². The predicted molar refractivity (Wildman–Crippen MR) is 98.9 cm³/mol. The van der Waals surface area contributed by atoms with Crippen LogP contribution >= 0.6 is 0 Å². The lowest BCUT2D eigenvalue weighted by Gasteiger charge is -2.19. The molecule has 4 aliphatic rings. The molecule has 0 saturated carbocycles. The Morgan fingerprint density at radius 3 is 1.21 bits per heavy atom. The third kappa shape index (κ3) is 2.52. The van der Waals surface area contributed by atoms with Gasteiger partial charge < -0.3 is 0 Å². The van der Waals surface area contributed by atoms with Gasteiger partial charge in [-0.1, -0.05) is 60.7 Å². The number of anilines is 2. The second kappa shape index (κ2) is 5.82. The Hall–Kier alpha value is -3.13. The van der Waals surface area contributed by atoms with Crippen LogP contribution in [0.4, 0.5) is 11.4 Å². The van der Waals surface area contributed by atoms with Crippen molar-refractivity contribution in [3.63, 3.8) is 0 Å². The summed E-state index contributed by atoms with van der Waals surface area (Å²) in [5.41, 5.74) is 6.41. The fourth-order valence-corrected chi connectivity index (χ4v) is 3.13. The Morgan fingerprint density at radius 1 is 0.583 bits per heavy atom. The highest BCUT2D eigenvalue weighted by Crippen LogP contribution is 2.31. The lowest BCUT2D eigenvalue weighted by molar-refractivity contribution is -0.115. The first-order valence-electron chi connectivity index (χ1n) is 8.01. The third-order valence-electron chi connectivity index (χ3n) is 4.34. The summed E-state index contributed by atoms with van der Waals surface area (Å²) in [4.78, 5) is 14.1. The molecule has 0 radical (unpaired) electrons. The van der Waals surface area contributed by atoms with E-state index in [2.05, 4.69) is 48.5 Å². The standard InChI is InChI=1S/C22H17NO/c1-16(24)23(21-12-8-17-4-2-5-18(17)9-13-21)22-14-10-19-6-3-7-20(19)11-15-22/h2-15H,1H3. The molecule has 0 spiro atoms. The van der Waals surface area contributed by atoms with Gasteiger partial charge in [0.1, 0.15) is 0 Å². The van der Waals surface area contributed by atoms with Crippen molar-refractivity contribution in [1.82, 2.24) is 0 Å². The van der Waals surface area contributed by atoms with Crippen molar-refractivity contribution in [2.75, 3.05) is 4.90 Å². The highest BCUT2D eigenvalue weighted by Gasteiger charge is 2.14. The Bertz CT molecular complexity index is 825. The molecule has 0 bridgehead atoms. The van der Waals surface area contributed by atoms with Gasteiger partial charge in [-0.25, -0.2) is 0 Å². The van der Waals surface area contributed by atoms with Gasteiger partial charge in [0, 0.05) is 18.3 Å². The average molecular weight is 311 g/mol. The maximum atomic E-state index is 12.3. The van der Waals surface area contributed by atoms with Gasteiger partial charge in [0.2, 0.25) is 5.91 Å². The van der Waals surface area contributed by atoms with E-state index in [-0.39, 0.29) is 5.91 Å². The molecule has 0 unspecified atom stereocenters. The normalized spacial score (nSPS) is 10.9. The predicted octanol–water partition coefficient (Wildman–Crippen LogP) is 5.58. The summed E-state index contributed by atoms with van der Waals surface area (Å²) < 4.78 is 0. The van der Waals surface area contributed by atoms with Crippen LogP contribution in [-0.4, -0.2) is 5.91 Å². The molecular formula is C22H17NO. The molecule has 1 amide bonds.